The maximum atomic E-state index is 13.0. The molecule has 2 fully saturated rings. The molecule has 2 amide bonds. The molecular formula is C18H19N3O2S. The Labute approximate surface area is 144 Å². The first kappa shape index (κ1) is 15.4. The average Bonchev–Trinajstić information content (AvgIpc) is 3.32. The van der Waals surface area contributed by atoms with Crippen LogP contribution >= 0.6 is 11.8 Å². The van der Waals surface area contributed by atoms with Crippen LogP contribution in [0.5, 0.6) is 0 Å². The molecule has 124 valence electrons. The minimum atomic E-state index is -0.401. The molecule has 1 N–H and O–H groups in total. The van der Waals surface area contributed by atoms with E-state index in [4.69, 9.17) is 0 Å². The number of carbonyl (C=O) groups is 2. The van der Waals surface area contributed by atoms with Crippen molar-refractivity contribution >= 4 is 34.3 Å². The molecule has 1 aromatic carbocycles. The third-order valence-corrected chi connectivity index (χ3v) is 5.60. The first-order valence-electron chi connectivity index (χ1n) is 8.24. The van der Waals surface area contributed by atoms with Gasteiger partial charge in [0.2, 0.25) is 5.91 Å². The molecule has 1 saturated heterocycles. The van der Waals surface area contributed by atoms with Crippen LogP contribution in [0.25, 0.3) is 10.8 Å². The number of fused-ring (bicyclic) bond motifs is 1. The lowest BCUT2D eigenvalue weighted by Crippen LogP contribution is -2.47. The van der Waals surface area contributed by atoms with Gasteiger partial charge >= 0.3 is 0 Å². The maximum Gasteiger partial charge on any atom is 0.274 e. The summed E-state index contributed by atoms with van der Waals surface area (Å²) in [6.07, 6.45) is 4.05. The van der Waals surface area contributed by atoms with E-state index in [1.807, 2.05) is 30.3 Å². The number of hydrogen-bond acceptors (Lipinski definition) is 4. The van der Waals surface area contributed by atoms with E-state index in [9.17, 15) is 9.59 Å². The number of nitrogens with zero attached hydrogens (tertiary/aromatic N) is 2. The van der Waals surface area contributed by atoms with E-state index in [1.165, 1.54) is 12.8 Å². The standard InChI is InChI=1S/C18H19N3O2S/c22-17(20-9-12-5-6-12)15-10-24-11-21(15)18(23)16-14-4-2-1-3-13(14)7-8-19-16/h1-4,7-8,12,15H,5-6,9-11H2,(H,20,22). The number of nitrogens with one attached hydrogen (secondary N) is 1. The Hall–Kier alpha value is -2.08. The van der Waals surface area contributed by atoms with Crippen LogP contribution in [0.3, 0.4) is 0 Å². The highest BCUT2D eigenvalue weighted by Crippen LogP contribution is 2.28. The summed E-state index contributed by atoms with van der Waals surface area (Å²) in [5, 5.41) is 4.81. The van der Waals surface area contributed by atoms with Crippen LogP contribution in [-0.2, 0) is 4.79 Å². The largest absolute Gasteiger partial charge is 0.354 e. The predicted molar refractivity (Wildman–Crippen MR) is 94.8 cm³/mol. The van der Waals surface area contributed by atoms with E-state index in [2.05, 4.69) is 10.3 Å². The predicted octanol–water partition coefficient (Wildman–Crippen LogP) is 2.28. The average molecular weight is 341 g/mol. The zero-order chi connectivity index (χ0) is 16.5. The Kier molecular flexibility index (Phi) is 4.14. The van der Waals surface area contributed by atoms with Gasteiger partial charge in [0.25, 0.3) is 5.91 Å². The first-order valence-corrected chi connectivity index (χ1v) is 9.39. The van der Waals surface area contributed by atoms with Crippen LogP contribution in [0.1, 0.15) is 23.3 Å². The van der Waals surface area contributed by atoms with Crippen LogP contribution in [0.15, 0.2) is 36.5 Å². The molecule has 1 aliphatic heterocycles. The highest BCUT2D eigenvalue weighted by molar-refractivity contribution is 7.99. The molecule has 2 heterocycles. The van der Waals surface area contributed by atoms with Gasteiger partial charge in [0.15, 0.2) is 0 Å². The molecule has 24 heavy (non-hydrogen) atoms. The number of carbonyl (C=O) groups excluding carboxylic acids is 2. The Morgan fingerprint density at radius 1 is 1.25 bits per heavy atom. The summed E-state index contributed by atoms with van der Waals surface area (Å²) in [7, 11) is 0. The number of benzene rings is 1. The van der Waals surface area contributed by atoms with Gasteiger partial charge in [0, 0.05) is 23.9 Å². The van der Waals surface area contributed by atoms with Crippen molar-refractivity contribution in [3.8, 4) is 0 Å². The third-order valence-electron chi connectivity index (χ3n) is 4.58. The Morgan fingerprint density at radius 3 is 2.92 bits per heavy atom. The number of aromatic nitrogens is 1. The second kappa shape index (κ2) is 6.43. The maximum absolute atomic E-state index is 13.0. The lowest BCUT2D eigenvalue weighted by atomic mass is 10.1. The van der Waals surface area contributed by atoms with Crippen molar-refractivity contribution < 1.29 is 9.59 Å². The SMILES string of the molecule is O=C(NCC1CC1)C1CSCN1C(=O)c1nccc2ccccc12. The Bertz CT molecular complexity index is 785. The molecule has 1 saturated carbocycles. The minimum absolute atomic E-state index is 0.0412. The molecule has 1 aromatic heterocycles. The van der Waals surface area contributed by atoms with E-state index in [0.29, 0.717) is 23.2 Å². The summed E-state index contributed by atoms with van der Waals surface area (Å²) in [4.78, 5) is 31.4. The Morgan fingerprint density at radius 2 is 2.08 bits per heavy atom. The van der Waals surface area contributed by atoms with Gasteiger partial charge in [-0.15, -0.1) is 11.8 Å². The number of hydrogen-bond donors (Lipinski definition) is 1. The van der Waals surface area contributed by atoms with Crippen LogP contribution in [-0.4, -0.2) is 45.9 Å². The van der Waals surface area contributed by atoms with Crippen molar-refractivity contribution in [3.63, 3.8) is 0 Å². The van der Waals surface area contributed by atoms with Gasteiger partial charge in [-0.2, -0.15) is 0 Å². The monoisotopic (exact) mass is 341 g/mol. The zero-order valence-corrected chi connectivity index (χ0v) is 14.1. The fourth-order valence-electron chi connectivity index (χ4n) is 2.97. The van der Waals surface area contributed by atoms with Crippen molar-refractivity contribution in [2.24, 2.45) is 5.92 Å². The summed E-state index contributed by atoms with van der Waals surface area (Å²) in [5.74, 6) is 1.61. The molecule has 1 aliphatic carbocycles. The number of amides is 2. The quantitative estimate of drug-likeness (QED) is 0.927. The van der Waals surface area contributed by atoms with Gasteiger partial charge in [-0.3, -0.25) is 14.6 Å². The number of pyridine rings is 1. The minimum Gasteiger partial charge on any atom is -0.354 e. The molecule has 2 aromatic rings. The fraction of sp³-hybridized carbons (Fsp3) is 0.389. The topological polar surface area (TPSA) is 62.3 Å². The molecule has 0 spiro atoms. The van der Waals surface area contributed by atoms with Crippen LogP contribution in [0, 0.1) is 5.92 Å². The highest BCUT2D eigenvalue weighted by Gasteiger charge is 2.36. The molecule has 1 atom stereocenters. The van der Waals surface area contributed by atoms with Gasteiger partial charge in [0.1, 0.15) is 11.7 Å². The van der Waals surface area contributed by atoms with E-state index < -0.39 is 6.04 Å². The van der Waals surface area contributed by atoms with Crippen molar-refractivity contribution in [2.75, 3.05) is 18.2 Å². The Balaban J connectivity index is 1.56. The molecular weight excluding hydrogens is 322 g/mol. The second-order valence-electron chi connectivity index (χ2n) is 6.36. The smallest absolute Gasteiger partial charge is 0.274 e. The van der Waals surface area contributed by atoms with Crippen LogP contribution in [0.2, 0.25) is 0 Å². The normalized spacial score (nSPS) is 20.3. The van der Waals surface area contributed by atoms with E-state index in [0.717, 1.165) is 17.3 Å². The summed E-state index contributed by atoms with van der Waals surface area (Å²) in [5.41, 5.74) is 0.426. The summed E-state index contributed by atoms with van der Waals surface area (Å²) < 4.78 is 0. The molecule has 0 radical (unpaired) electrons. The second-order valence-corrected chi connectivity index (χ2v) is 7.36. The molecule has 2 aliphatic rings. The first-order chi connectivity index (χ1) is 11.7. The molecule has 4 rings (SSSR count). The zero-order valence-electron chi connectivity index (χ0n) is 13.3. The third kappa shape index (κ3) is 2.98. The van der Waals surface area contributed by atoms with Gasteiger partial charge in [-0.25, -0.2) is 0 Å². The van der Waals surface area contributed by atoms with Crippen molar-refractivity contribution in [2.45, 2.75) is 18.9 Å². The fourth-order valence-corrected chi connectivity index (χ4v) is 4.12. The number of thioether (sulfide) groups is 1. The van der Waals surface area contributed by atoms with Gasteiger partial charge in [0.05, 0.1) is 5.88 Å². The van der Waals surface area contributed by atoms with E-state index >= 15 is 0 Å². The summed E-state index contributed by atoms with van der Waals surface area (Å²) >= 11 is 1.61. The van der Waals surface area contributed by atoms with Gasteiger partial charge < -0.3 is 10.2 Å². The van der Waals surface area contributed by atoms with Crippen LogP contribution in [0.4, 0.5) is 0 Å². The van der Waals surface area contributed by atoms with Gasteiger partial charge in [-0.05, 0) is 30.2 Å². The molecule has 1 unspecified atom stereocenters. The van der Waals surface area contributed by atoms with Crippen LogP contribution < -0.4 is 5.32 Å². The van der Waals surface area contributed by atoms with Gasteiger partial charge in [-0.1, -0.05) is 24.3 Å². The molecule has 0 bridgehead atoms. The summed E-state index contributed by atoms with van der Waals surface area (Å²) in [6.45, 7) is 0.731. The lowest BCUT2D eigenvalue weighted by Gasteiger charge is -2.23. The summed E-state index contributed by atoms with van der Waals surface area (Å²) in [6, 6.07) is 9.20. The number of rotatable bonds is 4. The van der Waals surface area contributed by atoms with E-state index in [1.54, 1.807) is 22.9 Å². The molecule has 5 nitrogen and oxygen atoms in total. The van der Waals surface area contributed by atoms with Crippen molar-refractivity contribution in [1.82, 2.24) is 15.2 Å². The highest BCUT2D eigenvalue weighted by atomic mass is 32.2. The lowest BCUT2D eigenvalue weighted by molar-refractivity contribution is -0.124. The van der Waals surface area contributed by atoms with E-state index in [-0.39, 0.29) is 11.8 Å². The van der Waals surface area contributed by atoms with Crippen molar-refractivity contribution in [1.29, 1.82) is 0 Å². The molecule has 6 heteroatoms. The van der Waals surface area contributed by atoms with Crippen molar-refractivity contribution in [3.05, 3.63) is 42.2 Å².